The molecule has 5 nitrogen and oxygen atoms in total. The van der Waals surface area contributed by atoms with Crippen molar-refractivity contribution in [1.29, 1.82) is 0 Å². The molecule has 1 saturated heterocycles. The van der Waals surface area contributed by atoms with E-state index < -0.39 is 0 Å². The number of likely N-dealkylation sites (tertiary alicyclic amines) is 1. The van der Waals surface area contributed by atoms with Gasteiger partial charge in [-0.3, -0.25) is 9.69 Å². The first-order valence-corrected chi connectivity index (χ1v) is 7.96. The van der Waals surface area contributed by atoms with E-state index in [4.69, 9.17) is 9.47 Å². The van der Waals surface area contributed by atoms with Gasteiger partial charge in [0.25, 0.3) is 0 Å². The third-order valence-corrected chi connectivity index (χ3v) is 3.95. The first-order chi connectivity index (χ1) is 10.7. The Hall–Kier alpha value is -1.75. The Kier molecular flexibility index (Phi) is 6.52. The van der Waals surface area contributed by atoms with Gasteiger partial charge in [0.15, 0.2) is 0 Å². The summed E-state index contributed by atoms with van der Waals surface area (Å²) < 4.78 is 10.4. The number of rotatable bonds is 5. The van der Waals surface area contributed by atoms with Crippen LogP contribution >= 0.6 is 0 Å². The molecule has 0 bridgehead atoms. The highest BCUT2D eigenvalue weighted by Crippen LogP contribution is 2.25. The Morgan fingerprint density at radius 3 is 2.09 bits per heavy atom. The molecule has 1 aromatic carbocycles. The highest BCUT2D eigenvalue weighted by atomic mass is 16.5. The van der Waals surface area contributed by atoms with Gasteiger partial charge in [0.05, 0.1) is 20.8 Å². The van der Waals surface area contributed by atoms with Crippen molar-refractivity contribution >= 4 is 11.6 Å². The number of nitrogens with one attached hydrogen (secondary N) is 1. The normalized spacial score (nSPS) is 16.5. The highest BCUT2D eigenvalue weighted by Gasteiger charge is 2.13. The number of anilines is 1. The van der Waals surface area contributed by atoms with Crippen molar-refractivity contribution in [1.82, 2.24) is 4.90 Å². The summed E-state index contributed by atoms with van der Waals surface area (Å²) in [5, 5.41) is 2.93. The molecule has 122 valence electrons. The van der Waals surface area contributed by atoms with E-state index in [1.165, 1.54) is 32.1 Å². The van der Waals surface area contributed by atoms with Crippen LogP contribution < -0.4 is 14.8 Å². The zero-order valence-electron chi connectivity index (χ0n) is 13.6. The predicted octanol–water partition coefficient (Wildman–Crippen LogP) is 2.91. The van der Waals surface area contributed by atoms with E-state index in [1.807, 2.05) is 0 Å². The van der Waals surface area contributed by atoms with Gasteiger partial charge in [0.1, 0.15) is 11.5 Å². The van der Waals surface area contributed by atoms with E-state index in [0.29, 0.717) is 23.7 Å². The molecule has 1 amide bonds. The van der Waals surface area contributed by atoms with Crippen LogP contribution in [0.3, 0.4) is 0 Å². The van der Waals surface area contributed by atoms with Gasteiger partial charge in [-0.05, 0) is 25.9 Å². The molecule has 5 heteroatoms. The highest BCUT2D eigenvalue weighted by molar-refractivity contribution is 5.92. The summed E-state index contributed by atoms with van der Waals surface area (Å²) in [7, 11) is 3.20. The van der Waals surface area contributed by atoms with E-state index in [2.05, 4.69) is 10.2 Å². The first-order valence-electron chi connectivity index (χ1n) is 7.96. The number of ether oxygens (including phenoxy) is 2. The molecule has 0 aliphatic carbocycles. The molecule has 0 spiro atoms. The summed E-state index contributed by atoms with van der Waals surface area (Å²) in [4.78, 5) is 14.5. The SMILES string of the molecule is COc1cc(NC(=O)CN2CCCCCCC2)cc(OC)c1. The minimum absolute atomic E-state index is 0.0101. The maximum absolute atomic E-state index is 12.2. The van der Waals surface area contributed by atoms with E-state index in [0.717, 1.165) is 13.1 Å². The monoisotopic (exact) mass is 306 g/mol. The second-order valence-corrected chi connectivity index (χ2v) is 5.69. The average Bonchev–Trinajstić information content (AvgIpc) is 2.49. The fourth-order valence-electron chi connectivity index (χ4n) is 2.75. The number of carbonyl (C=O) groups excluding carboxylic acids is 1. The Balaban J connectivity index is 1.93. The quantitative estimate of drug-likeness (QED) is 0.909. The van der Waals surface area contributed by atoms with Crippen LogP contribution in [0.4, 0.5) is 5.69 Å². The van der Waals surface area contributed by atoms with Crippen molar-refractivity contribution in [3.05, 3.63) is 18.2 Å². The molecule has 0 aromatic heterocycles. The van der Waals surface area contributed by atoms with Gasteiger partial charge in [-0.25, -0.2) is 0 Å². The summed E-state index contributed by atoms with van der Waals surface area (Å²) in [6, 6.07) is 5.38. The summed E-state index contributed by atoms with van der Waals surface area (Å²) in [5.41, 5.74) is 0.702. The average molecular weight is 306 g/mol. The lowest BCUT2D eigenvalue weighted by Crippen LogP contribution is -2.35. The number of methoxy groups -OCH3 is 2. The second-order valence-electron chi connectivity index (χ2n) is 5.69. The van der Waals surface area contributed by atoms with Gasteiger partial charge in [0, 0.05) is 23.9 Å². The van der Waals surface area contributed by atoms with Gasteiger partial charge >= 0.3 is 0 Å². The molecule has 0 unspecified atom stereocenters. The topological polar surface area (TPSA) is 50.8 Å². The van der Waals surface area contributed by atoms with Gasteiger partial charge in [-0.1, -0.05) is 19.3 Å². The lowest BCUT2D eigenvalue weighted by atomic mass is 10.1. The van der Waals surface area contributed by atoms with Crippen LogP contribution in [0.25, 0.3) is 0 Å². The predicted molar refractivity (Wildman–Crippen MR) is 87.7 cm³/mol. The Morgan fingerprint density at radius 1 is 1.00 bits per heavy atom. The Labute approximate surface area is 132 Å². The van der Waals surface area contributed by atoms with Crippen molar-refractivity contribution < 1.29 is 14.3 Å². The molecule has 1 aliphatic heterocycles. The standard InChI is InChI=1S/C17H26N2O3/c1-21-15-10-14(11-16(12-15)22-2)18-17(20)13-19-8-6-4-3-5-7-9-19/h10-12H,3-9,13H2,1-2H3,(H,18,20). The van der Waals surface area contributed by atoms with E-state index >= 15 is 0 Å². The van der Waals surface area contributed by atoms with Crippen LogP contribution in [-0.2, 0) is 4.79 Å². The van der Waals surface area contributed by atoms with Crippen molar-refractivity contribution in [2.24, 2.45) is 0 Å². The smallest absolute Gasteiger partial charge is 0.238 e. The Bertz CT molecular complexity index is 461. The molecule has 0 atom stereocenters. The number of amides is 1. The largest absolute Gasteiger partial charge is 0.497 e. The molecule has 1 heterocycles. The number of hydrogen-bond donors (Lipinski definition) is 1. The minimum atomic E-state index is 0.0101. The van der Waals surface area contributed by atoms with Crippen molar-refractivity contribution in [2.45, 2.75) is 32.1 Å². The van der Waals surface area contributed by atoms with E-state index in [1.54, 1.807) is 32.4 Å². The van der Waals surface area contributed by atoms with E-state index in [-0.39, 0.29) is 5.91 Å². The number of benzene rings is 1. The van der Waals surface area contributed by atoms with Crippen molar-refractivity contribution in [2.75, 3.05) is 39.2 Å². The molecular formula is C17H26N2O3. The second kappa shape index (κ2) is 8.63. The van der Waals surface area contributed by atoms with Gasteiger partial charge < -0.3 is 14.8 Å². The van der Waals surface area contributed by atoms with Crippen LogP contribution in [0.1, 0.15) is 32.1 Å². The molecule has 22 heavy (non-hydrogen) atoms. The number of hydrogen-bond acceptors (Lipinski definition) is 4. The molecule has 1 aliphatic rings. The van der Waals surface area contributed by atoms with Crippen molar-refractivity contribution in [3.63, 3.8) is 0 Å². The zero-order chi connectivity index (χ0) is 15.8. The van der Waals surface area contributed by atoms with Crippen LogP contribution in [0.5, 0.6) is 11.5 Å². The summed E-state index contributed by atoms with van der Waals surface area (Å²) in [6.07, 6.45) is 6.22. The van der Waals surface area contributed by atoms with Gasteiger partial charge in [-0.2, -0.15) is 0 Å². The molecule has 0 radical (unpaired) electrons. The number of nitrogens with zero attached hydrogens (tertiary/aromatic N) is 1. The zero-order valence-corrected chi connectivity index (χ0v) is 13.6. The third-order valence-electron chi connectivity index (χ3n) is 3.95. The third kappa shape index (κ3) is 5.22. The van der Waals surface area contributed by atoms with Gasteiger partial charge in [0.2, 0.25) is 5.91 Å². The minimum Gasteiger partial charge on any atom is -0.497 e. The maximum atomic E-state index is 12.2. The van der Waals surface area contributed by atoms with Crippen LogP contribution in [-0.4, -0.2) is 44.7 Å². The van der Waals surface area contributed by atoms with Gasteiger partial charge in [-0.15, -0.1) is 0 Å². The summed E-state index contributed by atoms with van der Waals surface area (Å²) >= 11 is 0. The number of carbonyl (C=O) groups is 1. The Morgan fingerprint density at radius 2 is 1.55 bits per heavy atom. The lowest BCUT2D eigenvalue weighted by Gasteiger charge is -2.23. The summed E-state index contributed by atoms with van der Waals surface area (Å²) in [6.45, 7) is 2.46. The molecule has 1 N–H and O–H groups in total. The maximum Gasteiger partial charge on any atom is 0.238 e. The molecule has 2 rings (SSSR count). The summed E-state index contributed by atoms with van der Waals surface area (Å²) in [5.74, 6) is 1.35. The lowest BCUT2D eigenvalue weighted by molar-refractivity contribution is -0.117. The molecule has 1 fully saturated rings. The van der Waals surface area contributed by atoms with E-state index in [9.17, 15) is 4.79 Å². The first kappa shape index (κ1) is 16.6. The fraction of sp³-hybridized carbons (Fsp3) is 0.588. The molecule has 1 aromatic rings. The molecular weight excluding hydrogens is 280 g/mol. The van der Waals surface area contributed by atoms with Crippen LogP contribution in [0.15, 0.2) is 18.2 Å². The van der Waals surface area contributed by atoms with Crippen LogP contribution in [0, 0.1) is 0 Å². The fourth-order valence-corrected chi connectivity index (χ4v) is 2.75. The van der Waals surface area contributed by atoms with Crippen LogP contribution in [0.2, 0.25) is 0 Å². The molecule has 0 saturated carbocycles. The van der Waals surface area contributed by atoms with Crippen molar-refractivity contribution in [3.8, 4) is 11.5 Å².